The summed E-state index contributed by atoms with van der Waals surface area (Å²) < 4.78 is 5.22. The number of terminal acetylenes is 1. The highest BCUT2D eigenvalue weighted by Gasteiger charge is 1.97. The largest absolute Gasteiger partial charge is 0.469 e. The number of hydrogen-bond donors (Lipinski definition) is 2. The van der Waals surface area contributed by atoms with E-state index in [2.05, 4.69) is 28.1 Å². The van der Waals surface area contributed by atoms with Crippen molar-refractivity contribution in [2.24, 2.45) is 4.99 Å². The molecule has 1 aromatic heterocycles. The van der Waals surface area contributed by atoms with Gasteiger partial charge in [0.25, 0.3) is 0 Å². The maximum atomic E-state index is 5.22. The number of rotatable bonds is 6. The van der Waals surface area contributed by atoms with E-state index in [0.717, 1.165) is 12.2 Å². The first kappa shape index (κ1) is 16.6. The smallest absolute Gasteiger partial charge is 0.192 e. The Morgan fingerprint density at radius 2 is 2.39 bits per heavy atom. The lowest BCUT2D eigenvalue weighted by molar-refractivity contribution is 0.511. The minimum Gasteiger partial charge on any atom is -0.469 e. The van der Waals surface area contributed by atoms with Gasteiger partial charge in [-0.3, -0.25) is 4.99 Å². The van der Waals surface area contributed by atoms with Crippen molar-refractivity contribution in [2.75, 3.05) is 19.6 Å². The molecule has 5 heteroatoms. The highest BCUT2D eigenvalue weighted by Crippen LogP contribution is 2.00. The van der Waals surface area contributed by atoms with E-state index in [-0.39, 0.29) is 24.0 Å². The SMILES string of the molecule is C#CCNC(=NCCc1ccco1)NCC=C.I. The van der Waals surface area contributed by atoms with Crippen LogP contribution in [0.4, 0.5) is 0 Å². The van der Waals surface area contributed by atoms with E-state index in [1.807, 2.05) is 12.1 Å². The van der Waals surface area contributed by atoms with Crippen LogP contribution in [0.3, 0.4) is 0 Å². The average molecular weight is 359 g/mol. The van der Waals surface area contributed by atoms with Gasteiger partial charge in [0.2, 0.25) is 0 Å². The van der Waals surface area contributed by atoms with Gasteiger partial charge in [0.05, 0.1) is 12.8 Å². The maximum Gasteiger partial charge on any atom is 0.192 e. The van der Waals surface area contributed by atoms with Crippen molar-refractivity contribution in [2.45, 2.75) is 6.42 Å². The highest BCUT2D eigenvalue weighted by atomic mass is 127. The predicted octanol–water partition coefficient (Wildman–Crippen LogP) is 1.79. The standard InChI is InChI=1S/C13H17N3O.HI/c1-3-8-14-13(15-9-4-2)16-10-7-12-6-5-11-17-12;/h1,4-6,11H,2,7-10H2,(H2,14,15,16);1H. The van der Waals surface area contributed by atoms with Crippen molar-refractivity contribution in [1.29, 1.82) is 0 Å². The fourth-order valence-corrected chi connectivity index (χ4v) is 1.21. The second kappa shape index (κ2) is 10.7. The van der Waals surface area contributed by atoms with Crippen molar-refractivity contribution in [3.05, 3.63) is 36.8 Å². The summed E-state index contributed by atoms with van der Waals surface area (Å²) in [6.07, 6.45) is 9.37. The lowest BCUT2D eigenvalue weighted by atomic mass is 10.3. The van der Waals surface area contributed by atoms with Crippen LogP contribution in [-0.2, 0) is 6.42 Å². The first-order valence-electron chi connectivity index (χ1n) is 5.45. The normalized spacial score (nSPS) is 10.1. The molecule has 98 valence electrons. The van der Waals surface area contributed by atoms with Gasteiger partial charge in [-0.05, 0) is 12.1 Å². The van der Waals surface area contributed by atoms with Gasteiger partial charge in [-0.15, -0.1) is 37.0 Å². The zero-order valence-corrected chi connectivity index (χ0v) is 12.5. The van der Waals surface area contributed by atoms with Crippen LogP contribution in [0.25, 0.3) is 0 Å². The van der Waals surface area contributed by atoms with Gasteiger partial charge in [-0.1, -0.05) is 12.0 Å². The van der Waals surface area contributed by atoms with E-state index in [1.54, 1.807) is 12.3 Å². The molecule has 0 aliphatic rings. The second-order valence-electron chi connectivity index (χ2n) is 3.29. The van der Waals surface area contributed by atoms with Crippen LogP contribution < -0.4 is 10.6 Å². The molecule has 0 amide bonds. The second-order valence-corrected chi connectivity index (χ2v) is 3.29. The molecule has 0 aliphatic carbocycles. The van der Waals surface area contributed by atoms with Crippen molar-refractivity contribution in [3.8, 4) is 12.3 Å². The zero-order chi connectivity index (χ0) is 12.3. The Morgan fingerprint density at radius 3 is 3.00 bits per heavy atom. The van der Waals surface area contributed by atoms with E-state index < -0.39 is 0 Å². The summed E-state index contributed by atoms with van der Waals surface area (Å²) in [7, 11) is 0. The monoisotopic (exact) mass is 359 g/mol. The molecule has 0 unspecified atom stereocenters. The van der Waals surface area contributed by atoms with Gasteiger partial charge in [0.15, 0.2) is 5.96 Å². The molecule has 0 spiro atoms. The Labute approximate surface area is 125 Å². The molecule has 0 radical (unpaired) electrons. The molecule has 2 N–H and O–H groups in total. The Bertz CT molecular complexity index is 393. The highest BCUT2D eigenvalue weighted by molar-refractivity contribution is 14.0. The number of aliphatic imine (C=N–C) groups is 1. The lowest BCUT2D eigenvalue weighted by Crippen LogP contribution is -2.37. The lowest BCUT2D eigenvalue weighted by Gasteiger charge is -2.08. The first-order valence-corrected chi connectivity index (χ1v) is 5.45. The third-order valence-electron chi connectivity index (χ3n) is 1.98. The van der Waals surface area contributed by atoms with Crippen LogP contribution in [0.2, 0.25) is 0 Å². The summed E-state index contributed by atoms with van der Waals surface area (Å²) in [5, 5.41) is 6.09. The molecular weight excluding hydrogens is 341 g/mol. The van der Waals surface area contributed by atoms with Crippen molar-refractivity contribution in [1.82, 2.24) is 10.6 Å². The fraction of sp³-hybridized carbons (Fsp3) is 0.308. The van der Waals surface area contributed by atoms with Crippen LogP contribution in [0.5, 0.6) is 0 Å². The summed E-state index contributed by atoms with van der Waals surface area (Å²) in [5.74, 6) is 4.12. The topological polar surface area (TPSA) is 49.6 Å². The van der Waals surface area contributed by atoms with Gasteiger partial charge in [0.1, 0.15) is 5.76 Å². The van der Waals surface area contributed by atoms with Crippen molar-refractivity contribution in [3.63, 3.8) is 0 Å². The van der Waals surface area contributed by atoms with Crippen molar-refractivity contribution >= 4 is 29.9 Å². The quantitative estimate of drug-likeness (QED) is 0.268. The number of furan rings is 1. The molecule has 4 nitrogen and oxygen atoms in total. The van der Waals surface area contributed by atoms with Crippen LogP contribution in [0, 0.1) is 12.3 Å². The van der Waals surface area contributed by atoms with Crippen LogP contribution >= 0.6 is 24.0 Å². The molecule has 0 aromatic carbocycles. The molecule has 1 aromatic rings. The van der Waals surface area contributed by atoms with Crippen molar-refractivity contribution < 1.29 is 4.42 Å². The molecule has 0 atom stereocenters. The number of nitrogens with one attached hydrogen (secondary N) is 2. The minimum absolute atomic E-state index is 0. The Balaban J connectivity index is 0.00000289. The van der Waals surface area contributed by atoms with E-state index in [1.165, 1.54) is 0 Å². The summed E-state index contributed by atoms with van der Waals surface area (Å²) in [6, 6.07) is 3.80. The maximum absolute atomic E-state index is 5.22. The predicted molar refractivity (Wildman–Crippen MR) is 85.2 cm³/mol. The fourth-order valence-electron chi connectivity index (χ4n) is 1.21. The van der Waals surface area contributed by atoms with Crippen LogP contribution in [0.1, 0.15) is 5.76 Å². The molecule has 1 rings (SSSR count). The molecule has 1 heterocycles. The van der Waals surface area contributed by atoms with E-state index in [9.17, 15) is 0 Å². The van der Waals surface area contributed by atoms with E-state index >= 15 is 0 Å². The Morgan fingerprint density at radius 1 is 1.56 bits per heavy atom. The number of nitrogens with zero attached hydrogens (tertiary/aromatic N) is 1. The van der Waals surface area contributed by atoms with Gasteiger partial charge in [-0.25, -0.2) is 0 Å². The van der Waals surface area contributed by atoms with E-state index in [4.69, 9.17) is 10.8 Å². The summed E-state index contributed by atoms with van der Waals surface area (Å²) in [4.78, 5) is 4.36. The third kappa shape index (κ3) is 7.01. The Kier molecular flexibility index (Phi) is 9.87. The minimum atomic E-state index is 0. The average Bonchev–Trinajstić information content (AvgIpc) is 2.85. The van der Waals surface area contributed by atoms with Gasteiger partial charge in [-0.2, -0.15) is 0 Å². The molecule has 18 heavy (non-hydrogen) atoms. The van der Waals surface area contributed by atoms with Crippen LogP contribution in [0.15, 0.2) is 40.5 Å². The number of halogens is 1. The number of guanidine groups is 1. The third-order valence-corrected chi connectivity index (χ3v) is 1.98. The summed E-state index contributed by atoms with van der Waals surface area (Å²) in [6.45, 7) is 5.37. The molecule has 0 saturated heterocycles. The summed E-state index contributed by atoms with van der Waals surface area (Å²) in [5.41, 5.74) is 0. The van der Waals surface area contributed by atoms with Gasteiger partial charge < -0.3 is 15.1 Å². The summed E-state index contributed by atoms with van der Waals surface area (Å²) >= 11 is 0. The van der Waals surface area contributed by atoms with Crippen LogP contribution in [-0.4, -0.2) is 25.6 Å². The van der Waals surface area contributed by atoms with E-state index in [0.29, 0.717) is 25.6 Å². The Hall–Kier alpha value is -1.42. The molecule has 0 aliphatic heterocycles. The number of hydrogen-bond acceptors (Lipinski definition) is 2. The van der Waals surface area contributed by atoms with Gasteiger partial charge in [0, 0.05) is 19.5 Å². The van der Waals surface area contributed by atoms with Gasteiger partial charge >= 0.3 is 0 Å². The molecule has 0 saturated carbocycles. The molecule has 0 fully saturated rings. The zero-order valence-electron chi connectivity index (χ0n) is 10.2. The first-order chi connectivity index (χ1) is 8.36. The molecular formula is C13H18IN3O. The molecule has 0 bridgehead atoms.